The fourth-order valence-electron chi connectivity index (χ4n) is 6.19. The molecule has 1 heterocycles. The van der Waals surface area contributed by atoms with E-state index in [2.05, 4.69) is 97.1 Å². The summed E-state index contributed by atoms with van der Waals surface area (Å²) in [5.41, 5.74) is 15.9. The SMILES string of the molecule is NC(=NC(=NCc1cccc2oc3ccccc3c12)c1ccc2cc(-c3ccccc3)ccc2c1)c1cccc(-c2ccccc2)c1. The molecule has 7 aromatic carbocycles. The Bertz CT molecular complexity index is 2440. The number of nitrogens with zero attached hydrogens (tertiary/aromatic N) is 2. The molecule has 0 radical (unpaired) electrons. The lowest BCUT2D eigenvalue weighted by Crippen LogP contribution is -2.16. The Morgan fingerprint density at radius 1 is 0.511 bits per heavy atom. The molecular formula is C43H31N3O. The van der Waals surface area contributed by atoms with E-state index >= 15 is 0 Å². The summed E-state index contributed by atoms with van der Waals surface area (Å²) in [5.74, 6) is 0.986. The summed E-state index contributed by atoms with van der Waals surface area (Å²) in [7, 11) is 0. The number of fused-ring (bicyclic) bond motifs is 4. The predicted molar refractivity (Wildman–Crippen MR) is 196 cm³/mol. The van der Waals surface area contributed by atoms with Crippen LogP contribution in [0.15, 0.2) is 178 Å². The van der Waals surface area contributed by atoms with Crippen molar-refractivity contribution >= 4 is 44.4 Å². The largest absolute Gasteiger partial charge is 0.456 e. The Labute approximate surface area is 273 Å². The van der Waals surface area contributed by atoms with E-state index in [9.17, 15) is 0 Å². The van der Waals surface area contributed by atoms with E-state index in [-0.39, 0.29) is 0 Å². The molecule has 2 N–H and O–H groups in total. The van der Waals surface area contributed by atoms with Gasteiger partial charge in [0.1, 0.15) is 17.0 Å². The van der Waals surface area contributed by atoms with Gasteiger partial charge in [0.05, 0.1) is 6.54 Å². The van der Waals surface area contributed by atoms with Crippen LogP contribution < -0.4 is 5.73 Å². The molecule has 0 aliphatic rings. The number of amidine groups is 2. The van der Waals surface area contributed by atoms with Crippen molar-refractivity contribution in [2.45, 2.75) is 6.54 Å². The van der Waals surface area contributed by atoms with Crippen molar-refractivity contribution in [1.29, 1.82) is 0 Å². The second-order valence-electron chi connectivity index (χ2n) is 11.6. The van der Waals surface area contributed by atoms with Gasteiger partial charge in [-0.1, -0.05) is 133 Å². The van der Waals surface area contributed by atoms with Crippen molar-refractivity contribution < 1.29 is 4.42 Å². The molecule has 0 amide bonds. The van der Waals surface area contributed by atoms with Crippen molar-refractivity contribution in [3.8, 4) is 22.3 Å². The minimum absolute atomic E-state index is 0.410. The first-order valence-electron chi connectivity index (χ1n) is 15.7. The molecule has 0 atom stereocenters. The molecule has 0 spiro atoms. The van der Waals surface area contributed by atoms with Gasteiger partial charge in [-0.25, -0.2) is 4.99 Å². The highest BCUT2D eigenvalue weighted by atomic mass is 16.3. The zero-order valence-electron chi connectivity index (χ0n) is 25.7. The molecule has 0 aliphatic carbocycles. The van der Waals surface area contributed by atoms with Crippen LogP contribution in [0.5, 0.6) is 0 Å². The number of furan rings is 1. The minimum atomic E-state index is 0.410. The van der Waals surface area contributed by atoms with Gasteiger partial charge in [0.15, 0.2) is 5.84 Å². The van der Waals surface area contributed by atoms with Crippen LogP contribution in [0.3, 0.4) is 0 Å². The highest BCUT2D eigenvalue weighted by Gasteiger charge is 2.13. The molecule has 0 aliphatic heterocycles. The molecular weight excluding hydrogens is 574 g/mol. The fraction of sp³-hybridized carbons (Fsp3) is 0.0233. The number of hydrogen-bond acceptors (Lipinski definition) is 2. The number of aliphatic imine (C=N–C) groups is 2. The molecule has 0 saturated carbocycles. The average molecular weight is 606 g/mol. The summed E-state index contributed by atoms with van der Waals surface area (Å²) in [5, 5.41) is 4.41. The fourth-order valence-corrected chi connectivity index (χ4v) is 6.19. The zero-order valence-corrected chi connectivity index (χ0v) is 25.7. The van der Waals surface area contributed by atoms with Gasteiger partial charge in [-0.15, -0.1) is 0 Å². The first-order valence-corrected chi connectivity index (χ1v) is 15.7. The van der Waals surface area contributed by atoms with Crippen LogP contribution in [-0.2, 0) is 6.54 Å². The van der Waals surface area contributed by atoms with Crippen LogP contribution in [-0.4, -0.2) is 11.7 Å². The summed E-state index contributed by atoms with van der Waals surface area (Å²) in [6.07, 6.45) is 0. The number of rotatable bonds is 6. The van der Waals surface area contributed by atoms with Crippen LogP contribution >= 0.6 is 0 Å². The Morgan fingerprint density at radius 3 is 1.96 bits per heavy atom. The first kappa shape index (κ1) is 28.2. The molecule has 224 valence electrons. The maximum atomic E-state index is 6.75. The zero-order chi connectivity index (χ0) is 31.6. The standard InChI is InChI=1S/C43H31N3O/c44-42(35-16-9-15-31(26-35)29-11-3-1-4-12-29)46-43(45-28-37-17-10-20-40-41(37)38-18-7-8-19-39(38)47-40)36-24-23-33-25-32(21-22-34(33)27-36)30-13-5-2-6-14-30/h1-27H,28H2,(H2,44,45,46). The maximum absolute atomic E-state index is 6.75. The summed E-state index contributed by atoms with van der Waals surface area (Å²) >= 11 is 0. The summed E-state index contributed by atoms with van der Waals surface area (Å²) < 4.78 is 6.15. The maximum Gasteiger partial charge on any atom is 0.157 e. The van der Waals surface area contributed by atoms with Crippen molar-refractivity contribution in [3.63, 3.8) is 0 Å². The molecule has 0 saturated heterocycles. The number of para-hydroxylation sites is 1. The highest BCUT2D eigenvalue weighted by molar-refractivity contribution is 6.12. The molecule has 8 aromatic rings. The number of hydrogen-bond donors (Lipinski definition) is 1. The van der Waals surface area contributed by atoms with Crippen LogP contribution in [0.1, 0.15) is 16.7 Å². The molecule has 8 rings (SSSR count). The van der Waals surface area contributed by atoms with Crippen molar-refractivity contribution in [2.24, 2.45) is 15.7 Å². The third-order valence-electron chi connectivity index (χ3n) is 8.59. The van der Waals surface area contributed by atoms with Gasteiger partial charge in [-0.05, 0) is 68.9 Å². The van der Waals surface area contributed by atoms with Gasteiger partial charge in [0.2, 0.25) is 0 Å². The molecule has 0 bridgehead atoms. The smallest absolute Gasteiger partial charge is 0.157 e. The Kier molecular flexibility index (Phi) is 7.37. The monoisotopic (exact) mass is 605 g/mol. The molecule has 47 heavy (non-hydrogen) atoms. The van der Waals surface area contributed by atoms with E-state index in [4.69, 9.17) is 20.1 Å². The second kappa shape index (κ2) is 12.3. The van der Waals surface area contributed by atoms with Crippen molar-refractivity contribution in [2.75, 3.05) is 0 Å². The van der Waals surface area contributed by atoms with E-state index in [0.717, 1.165) is 60.5 Å². The number of nitrogens with two attached hydrogens (primary N) is 1. The summed E-state index contributed by atoms with van der Waals surface area (Å²) in [6, 6.07) is 56.1. The van der Waals surface area contributed by atoms with Crippen LogP contribution in [0.4, 0.5) is 0 Å². The summed E-state index contributed by atoms with van der Waals surface area (Å²) in [4.78, 5) is 10.1. The third kappa shape index (κ3) is 5.69. The normalized spacial score (nSPS) is 12.3. The van der Waals surface area contributed by atoms with E-state index in [1.165, 1.54) is 11.1 Å². The van der Waals surface area contributed by atoms with E-state index in [1.54, 1.807) is 0 Å². The lowest BCUT2D eigenvalue weighted by Gasteiger charge is -2.10. The van der Waals surface area contributed by atoms with Crippen molar-refractivity contribution in [3.05, 3.63) is 180 Å². The quantitative estimate of drug-likeness (QED) is 0.151. The average Bonchev–Trinajstić information content (AvgIpc) is 3.53. The lowest BCUT2D eigenvalue weighted by atomic mass is 9.99. The Balaban J connectivity index is 1.22. The second-order valence-corrected chi connectivity index (χ2v) is 11.6. The lowest BCUT2D eigenvalue weighted by molar-refractivity contribution is 0.668. The van der Waals surface area contributed by atoms with Gasteiger partial charge in [-0.3, -0.25) is 4.99 Å². The van der Waals surface area contributed by atoms with E-state index in [1.807, 2.05) is 66.7 Å². The Hall–Kier alpha value is -6.26. The highest BCUT2D eigenvalue weighted by Crippen LogP contribution is 2.32. The van der Waals surface area contributed by atoms with Crippen LogP contribution in [0.25, 0.3) is 55.0 Å². The topological polar surface area (TPSA) is 63.9 Å². The van der Waals surface area contributed by atoms with Crippen molar-refractivity contribution in [1.82, 2.24) is 0 Å². The minimum Gasteiger partial charge on any atom is -0.456 e. The summed E-state index contributed by atoms with van der Waals surface area (Å²) in [6.45, 7) is 0.419. The van der Waals surface area contributed by atoms with Gasteiger partial charge in [0, 0.05) is 21.9 Å². The Morgan fingerprint density at radius 2 is 1.15 bits per heavy atom. The third-order valence-corrected chi connectivity index (χ3v) is 8.59. The first-order chi connectivity index (χ1) is 23.2. The van der Waals surface area contributed by atoms with E-state index < -0.39 is 0 Å². The molecule has 0 fully saturated rings. The number of benzene rings is 7. The van der Waals surface area contributed by atoms with Gasteiger partial charge in [0.25, 0.3) is 0 Å². The van der Waals surface area contributed by atoms with Crippen LogP contribution in [0, 0.1) is 0 Å². The predicted octanol–water partition coefficient (Wildman–Crippen LogP) is 10.4. The molecule has 4 heteroatoms. The molecule has 4 nitrogen and oxygen atoms in total. The van der Waals surface area contributed by atoms with Crippen LogP contribution in [0.2, 0.25) is 0 Å². The van der Waals surface area contributed by atoms with Gasteiger partial charge < -0.3 is 10.2 Å². The van der Waals surface area contributed by atoms with Gasteiger partial charge >= 0.3 is 0 Å². The van der Waals surface area contributed by atoms with E-state index in [0.29, 0.717) is 18.2 Å². The van der Waals surface area contributed by atoms with Gasteiger partial charge in [-0.2, -0.15) is 0 Å². The molecule has 0 unspecified atom stereocenters. The molecule has 1 aromatic heterocycles.